The van der Waals surface area contributed by atoms with Gasteiger partial charge in [0, 0.05) is 13.1 Å². The zero-order chi connectivity index (χ0) is 18.6. The van der Waals surface area contributed by atoms with Gasteiger partial charge in [-0.05, 0) is 57.2 Å². The molecule has 1 aromatic rings. The standard InChI is InChI=1S/C18H27F2N3O2/c1-18(2,3)25-17(24)23-8-6-12(7-9-23)13-4-5-15(14(21)10-13)22-11-16(19)20/h4-5,10,12,16,22H,6-9,11,21H2,1-3H3. The maximum atomic E-state index is 12.3. The van der Waals surface area contributed by atoms with Crippen LogP contribution in [0.25, 0.3) is 0 Å². The number of halogens is 2. The van der Waals surface area contributed by atoms with Gasteiger partial charge in [0.15, 0.2) is 0 Å². The summed E-state index contributed by atoms with van der Waals surface area (Å²) in [5.41, 5.74) is 7.53. The van der Waals surface area contributed by atoms with Crippen LogP contribution in [-0.4, -0.2) is 42.7 Å². The minimum absolute atomic E-state index is 0.281. The zero-order valence-electron chi connectivity index (χ0n) is 15.0. The van der Waals surface area contributed by atoms with E-state index in [1.165, 1.54) is 0 Å². The Labute approximate surface area is 147 Å². The molecule has 0 bridgehead atoms. The van der Waals surface area contributed by atoms with Crippen LogP contribution >= 0.6 is 0 Å². The summed E-state index contributed by atoms with van der Waals surface area (Å²) < 4.78 is 30.0. The predicted molar refractivity (Wildman–Crippen MR) is 95.1 cm³/mol. The first-order chi connectivity index (χ1) is 11.7. The van der Waals surface area contributed by atoms with Crippen LogP contribution in [0.3, 0.4) is 0 Å². The number of carbonyl (C=O) groups is 1. The highest BCUT2D eigenvalue weighted by molar-refractivity contribution is 5.69. The number of amides is 1. The first kappa shape index (κ1) is 19.3. The molecule has 7 heteroatoms. The summed E-state index contributed by atoms with van der Waals surface area (Å²) in [7, 11) is 0. The SMILES string of the molecule is CC(C)(C)OC(=O)N1CCC(c2ccc(NCC(F)F)c(N)c2)CC1. The minimum Gasteiger partial charge on any atom is -0.444 e. The van der Waals surface area contributed by atoms with Crippen LogP contribution in [-0.2, 0) is 4.74 Å². The third kappa shape index (κ3) is 5.76. The number of hydrogen-bond donors (Lipinski definition) is 2. The van der Waals surface area contributed by atoms with Crippen molar-refractivity contribution in [3.63, 3.8) is 0 Å². The number of nitrogens with two attached hydrogens (primary N) is 1. The number of hydrogen-bond acceptors (Lipinski definition) is 4. The second-order valence-electron chi connectivity index (χ2n) is 7.36. The number of anilines is 2. The Morgan fingerprint density at radius 1 is 1.36 bits per heavy atom. The molecule has 1 aliphatic rings. The van der Waals surface area contributed by atoms with E-state index in [1.54, 1.807) is 11.0 Å². The van der Waals surface area contributed by atoms with Gasteiger partial charge in [0.25, 0.3) is 6.43 Å². The lowest BCUT2D eigenvalue weighted by Crippen LogP contribution is -2.41. The predicted octanol–water partition coefficient (Wildman–Crippen LogP) is 4.06. The summed E-state index contributed by atoms with van der Waals surface area (Å²) in [5.74, 6) is 0.296. The minimum atomic E-state index is -2.42. The molecule has 0 spiro atoms. The van der Waals surface area contributed by atoms with Gasteiger partial charge in [-0.1, -0.05) is 6.07 Å². The van der Waals surface area contributed by atoms with Crippen LogP contribution in [0.4, 0.5) is 25.0 Å². The van der Waals surface area contributed by atoms with E-state index in [-0.39, 0.29) is 6.09 Å². The third-order valence-electron chi connectivity index (χ3n) is 4.14. The van der Waals surface area contributed by atoms with E-state index in [0.717, 1.165) is 18.4 Å². The number of ether oxygens (including phenoxy) is 1. The first-order valence-electron chi connectivity index (χ1n) is 8.55. The van der Waals surface area contributed by atoms with Crippen molar-refractivity contribution in [2.45, 2.75) is 51.6 Å². The van der Waals surface area contributed by atoms with E-state index < -0.39 is 18.6 Å². The van der Waals surface area contributed by atoms with Gasteiger partial charge in [-0.2, -0.15) is 0 Å². The maximum Gasteiger partial charge on any atom is 0.410 e. The quantitative estimate of drug-likeness (QED) is 0.799. The van der Waals surface area contributed by atoms with E-state index in [0.29, 0.717) is 30.4 Å². The Balaban J connectivity index is 1.92. The molecule has 0 radical (unpaired) electrons. The topological polar surface area (TPSA) is 67.6 Å². The van der Waals surface area contributed by atoms with Crippen LogP contribution in [0.2, 0.25) is 0 Å². The molecule has 25 heavy (non-hydrogen) atoms. The van der Waals surface area contributed by atoms with Crippen molar-refractivity contribution >= 4 is 17.5 Å². The maximum absolute atomic E-state index is 12.3. The average Bonchev–Trinajstić information content (AvgIpc) is 2.52. The van der Waals surface area contributed by atoms with Gasteiger partial charge in [-0.25, -0.2) is 13.6 Å². The second-order valence-corrected chi connectivity index (χ2v) is 7.36. The lowest BCUT2D eigenvalue weighted by atomic mass is 9.89. The van der Waals surface area contributed by atoms with Crippen molar-refractivity contribution < 1.29 is 18.3 Å². The van der Waals surface area contributed by atoms with Crippen LogP contribution in [0.15, 0.2) is 18.2 Å². The van der Waals surface area contributed by atoms with Gasteiger partial charge in [0.2, 0.25) is 0 Å². The number of nitrogens with zero attached hydrogens (tertiary/aromatic N) is 1. The summed E-state index contributed by atoms with van der Waals surface area (Å²) in [6.45, 7) is 6.39. The highest BCUT2D eigenvalue weighted by Gasteiger charge is 2.27. The number of piperidine rings is 1. The summed E-state index contributed by atoms with van der Waals surface area (Å²) in [6, 6.07) is 5.49. The summed E-state index contributed by atoms with van der Waals surface area (Å²) in [6.07, 6.45) is -1.06. The van der Waals surface area contributed by atoms with E-state index in [9.17, 15) is 13.6 Å². The number of nitrogen functional groups attached to an aromatic ring is 1. The molecule has 0 unspecified atom stereocenters. The van der Waals surface area contributed by atoms with Crippen molar-refractivity contribution in [3.05, 3.63) is 23.8 Å². The summed E-state index contributed by atoms with van der Waals surface area (Å²) in [5, 5.41) is 2.64. The van der Waals surface area contributed by atoms with Crippen LogP contribution < -0.4 is 11.1 Å². The van der Waals surface area contributed by atoms with Gasteiger partial charge < -0.3 is 20.7 Å². The van der Waals surface area contributed by atoms with E-state index in [1.807, 2.05) is 32.9 Å². The fraction of sp³-hybridized carbons (Fsp3) is 0.611. The molecule has 3 N–H and O–H groups in total. The fourth-order valence-corrected chi connectivity index (χ4v) is 2.91. The van der Waals surface area contributed by atoms with Gasteiger partial charge in [0.05, 0.1) is 17.9 Å². The van der Waals surface area contributed by atoms with E-state index in [4.69, 9.17) is 10.5 Å². The highest BCUT2D eigenvalue weighted by atomic mass is 19.3. The number of nitrogens with one attached hydrogen (secondary N) is 1. The summed E-state index contributed by atoms with van der Waals surface area (Å²) >= 11 is 0. The van der Waals surface area contributed by atoms with Crippen LogP contribution in [0.5, 0.6) is 0 Å². The van der Waals surface area contributed by atoms with Crippen molar-refractivity contribution in [3.8, 4) is 0 Å². The highest BCUT2D eigenvalue weighted by Crippen LogP contribution is 2.32. The van der Waals surface area contributed by atoms with Crippen molar-refractivity contribution in [1.29, 1.82) is 0 Å². The van der Waals surface area contributed by atoms with Gasteiger partial charge in [-0.3, -0.25) is 0 Å². The lowest BCUT2D eigenvalue weighted by molar-refractivity contribution is 0.0205. The average molecular weight is 355 g/mol. The van der Waals surface area contributed by atoms with Gasteiger partial charge in [-0.15, -0.1) is 0 Å². The lowest BCUT2D eigenvalue weighted by Gasteiger charge is -2.33. The molecule has 2 rings (SSSR count). The molecule has 1 aliphatic heterocycles. The number of likely N-dealkylation sites (tertiary alicyclic amines) is 1. The molecule has 0 atom stereocenters. The smallest absolute Gasteiger partial charge is 0.410 e. The largest absolute Gasteiger partial charge is 0.444 e. The number of alkyl halides is 2. The normalized spacial score (nSPS) is 16.2. The molecule has 0 saturated carbocycles. The number of benzene rings is 1. The van der Waals surface area contributed by atoms with Crippen LogP contribution in [0, 0.1) is 0 Å². The second kappa shape index (κ2) is 7.89. The number of rotatable bonds is 4. The van der Waals surface area contributed by atoms with Crippen molar-refractivity contribution in [2.24, 2.45) is 0 Å². The van der Waals surface area contributed by atoms with Crippen molar-refractivity contribution in [2.75, 3.05) is 30.7 Å². The van der Waals surface area contributed by atoms with Gasteiger partial charge >= 0.3 is 6.09 Å². The molecular formula is C18H27F2N3O2. The Morgan fingerprint density at radius 2 is 2.00 bits per heavy atom. The molecule has 1 heterocycles. The Hall–Kier alpha value is -2.05. The van der Waals surface area contributed by atoms with Crippen LogP contribution in [0.1, 0.15) is 45.1 Å². The molecule has 0 aromatic heterocycles. The fourth-order valence-electron chi connectivity index (χ4n) is 2.91. The zero-order valence-corrected chi connectivity index (χ0v) is 15.0. The Morgan fingerprint density at radius 3 is 2.52 bits per heavy atom. The van der Waals surface area contributed by atoms with Gasteiger partial charge in [0.1, 0.15) is 5.60 Å². The molecular weight excluding hydrogens is 328 g/mol. The monoisotopic (exact) mass is 355 g/mol. The van der Waals surface area contributed by atoms with E-state index in [2.05, 4.69) is 5.32 Å². The molecule has 0 aliphatic carbocycles. The molecule has 1 saturated heterocycles. The summed E-state index contributed by atoms with van der Waals surface area (Å²) in [4.78, 5) is 13.8. The van der Waals surface area contributed by atoms with E-state index >= 15 is 0 Å². The third-order valence-corrected chi connectivity index (χ3v) is 4.14. The molecule has 5 nitrogen and oxygen atoms in total. The molecule has 1 amide bonds. The molecule has 1 aromatic carbocycles. The number of carbonyl (C=O) groups excluding carboxylic acids is 1. The Kier molecular flexibility index (Phi) is 6.08. The first-order valence-corrected chi connectivity index (χ1v) is 8.55. The van der Waals surface area contributed by atoms with Crippen molar-refractivity contribution in [1.82, 2.24) is 4.90 Å². The Bertz CT molecular complexity index is 594. The molecule has 140 valence electrons. The molecule has 1 fully saturated rings.